The minimum Gasteiger partial charge on any atom is -0.417 e. The Kier molecular flexibility index (Phi) is 4.71. The van der Waals surface area contributed by atoms with Crippen molar-refractivity contribution in [2.75, 3.05) is 5.73 Å². The maximum atomic E-state index is 14.4. The lowest BCUT2D eigenvalue weighted by Gasteiger charge is -2.43. The lowest BCUT2D eigenvalue weighted by molar-refractivity contribution is 0.0973. The van der Waals surface area contributed by atoms with Crippen LogP contribution in [0.3, 0.4) is 0 Å². The van der Waals surface area contributed by atoms with Crippen molar-refractivity contribution in [2.45, 2.75) is 25.2 Å². The molecule has 3 aromatic rings. The first-order chi connectivity index (χ1) is 13.9. The van der Waals surface area contributed by atoms with Gasteiger partial charge in [0.15, 0.2) is 17.3 Å². The second kappa shape index (κ2) is 7.21. The summed E-state index contributed by atoms with van der Waals surface area (Å²) >= 11 is 0. The highest BCUT2D eigenvalue weighted by Crippen LogP contribution is 2.40. The molecule has 29 heavy (non-hydrogen) atoms. The topological polar surface area (TPSA) is 104 Å². The first-order valence-electron chi connectivity index (χ1n) is 8.71. The maximum absolute atomic E-state index is 14.4. The fraction of sp³-hybridized carbons (Fsp3) is 0.211. The number of amides is 1. The van der Waals surface area contributed by atoms with Crippen LogP contribution in [0.4, 0.5) is 14.9 Å². The van der Waals surface area contributed by atoms with E-state index in [1.54, 1.807) is 18.2 Å². The van der Waals surface area contributed by atoms with Gasteiger partial charge in [-0.05, 0) is 13.0 Å². The molecule has 0 saturated carbocycles. The summed E-state index contributed by atoms with van der Waals surface area (Å²) < 4.78 is 30.4. The Morgan fingerprint density at radius 2 is 2.21 bits per heavy atom. The van der Waals surface area contributed by atoms with Crippen molar-refractivity contribution < 1.29 is 23.1 Å². The monoisotopic (exact) mass is 412 g/mol. The molecule has 1 aliphatic heterocycles. The summed E-state index contributed by atoms with van der Waals surface area (Å²) in [6.45, 7) is 3.82. The van der Waals surface area contributed by atoms with Gasteiger partial charge in [0.1, 0.15) is 12.0 Å². The highest BCUT2D eigenvalue weighted by atomic mass is 28.2. The van der Waals surface area contributed by atoms with E-state index in [-0.39, 0.29) is 33.6 Å². The fourth-order valence-corrected chi connectivity index (χ4v) is 3.98. The van der Waals surface area contributed by atoms with E-state index in [4.69, 9.17) is 19.6 Å². The van der Waals surface area contributed by atoms with Crippen molar-refractivity contribution in [3.63, 3.8) is 0 Å². The van der Waals surface area contributed by atoms with E-state index < -0.39 is 17.1 Å². The van der Waals surface area contributed by atoms with Crippen molar-refractivity contribution in [3.8, 4) is 17.6 Å². The van der Waals surface area contributed by atoms with Crippen LogP contribution in [-0.2, 0) is 11.7 Å². The minimum atomic E-state index is -0.789. The zero-order chi connectivity index (χ0) is 20.6. The molecule has 148 valence electrons. The molecule has 2 N–H and O–H groups in total. The van der Waals surface area contributed by atoms with Gasteiger partial charge >= 0.3 is 12.2 Å². The largest absolute Gasteiger partial charge is 0.417 e. The number of anilines is 1. The van der Waals surface area contributed by atoms with E-state index in [1.165, 1.54) is 29.6 Å². The third-order valence-corrected chi connectivity index (χ3v) is 6.27. The number of halogens is 1. The average molecular weight is 412 g/mol. The number of ether oxygens (including phenoxy) is 2. The second-order valence-corrected chi connectivity index (χ2v) is 7.99. The van der Waals surface area contributed by atoms with Crippen LogP contribution in [0, 0.1) is 5.82 Å². The van der Waals surface area contributed by atoms with Gasteiger partial charge in [-0.3, -0.25) is 9.88 Å². The van der Waals surface area contributed by atoms with E-state index in [0.717, 1.165) is 0 Å². The summed E-state index contributed by atoms with van der Waals surface area (Å²) in [5.74, 6) is 0.0480. The molecule has 2 radical (unpaired) electrons. The normalized spacial score (nSPS) is 18.3. The number of carbonyl (C=O) groups is 1. The number of nitrogen functional groups attached to an aromatic ring is 1. The van der Waals surface area contributed by atoms with Gasteiger partial charge in [-0.2, -0.15) is 4.98 Å². The van der Waals surface area contributed by atoms with Gasteiger partial charge < -0.3 is 19.6 Å². The lowest BCUT2D eigenvalue weighted by Crippen LogP contribution is -2.55. The van der Waals surface area contributed by atoms with Crippen LogP contribution in [-0.4, -0.2) is 30.5 Å². The molecular weight excluding hydrogens is 395 g/mol. The SMILES string of the molecule is C[Si][C@@]1(C)c2ncc(Oc3ncco3)cc2OC(=O)N1Cc1cccc(N)c1F. The fourth-order valence-electron chi connectivity index (χ4n) is 3.12. The van der Waals surface area contributed by atoms with Gasteiger partial charge in [-0.1, -0.05) is 18.7 Å². The van der Waals surface area contributed by atoms with Gasteiger partial charge in [0, 0.05) is 11.6 Å². The van der Waals surface area contributed by atoms with Crippen LogP contribution >= 0.6 is 0 Å². The molecule has 3 heterocycles. The summed E-state index contributed by atoms with van der Waals surface area (Å²) in [6, 6.07) is 6.27. The van der Waals surface area contributed by atoms with Gasteiger partial charge in [-0.15, -0.1) is 0 Å². The Morgan fingerprint density at radius 3 is 2.93 bits per heavy atom. The zero-order valence-corrected chi connectivity index (χ0v) is 16.7. The second-order valence-electron chi connectivity index (χ2n) is 6.51. The van der Waals surface area contributed by atoms with E-state index in [2.05, 4.69) is 9.97 Å². The Labute approximate surface area is 168 Å². The quantitative estimate of drug-likeness (QED) is 0.505. The number of pyridine rings is 1. The van der Waals surface area contributed by atoms with Crippen molar-refractivity contribution in [1.29, 1.82) is 0 Å². The number of rotatable bonds is 5. The smallest absolute Gasteiger partial charge is 0.416 e. The summed E-state index contributed by atoms with van der Waals surface area (Å²) in [5, 5.41) is -0.789. The predicted molar refractivity (Wildman–Crippen MR) is 102 cm³/mol. The zero-order valence-electron chi connectivity index (χ0n) is 15.7. The van der Waals surface area contributed by atoms with Crippen LogP contribution in [0.15, 0.2) is 47.3 Å². The third-order valence-electron chi connectivity index (χ3n) is 4.78. The number of hydrogen-bond acceptors (Lipinski definition) is 7. The Bertz CT molecular complexity index is 1060. The van der Waals surface area contributed by atoms with Crippen LogP contribution in [0.2, 0.25) is 6.55 Å². The summed E-state index contributed by atoms with van der Waals surface area (Å²) in [6.07, 6.45) is 3.77. The van der Waals surface area contributed by atoms with E-state index in [0.29, 0.717) is 17.0 Å². The molecule has 1 aliphatic rings. The van der Waals surface area contributed by atoms with Crippen LogP contribution in [0.5, 0.6) is 17.6 Å². The molecule has 0 fully saturated rings. The molecule has 0 spiro atoms. The predicted octanol–water partition coefficient (Wildman–Crippen LogP) is 3.52. The molecular formula is C19H17FN4O4Si. The van der Waals surface area contributed by atoms with Gasteiger partial charge in [0.05, 0.1) is 39.3 Å². The van der Waals surface area contributed by atoms with Crippen molar-refractivity contribution >= 4 is 21.3 Å². The van der Waals surface area contributed by atoms with Crippen LogP contribution in [0.1, 0.15) is 18.2 Å². The summed E-state index contributed by atoms with van der Waals surface area (Å²) in [7, 11) is 0.252. The van der Waals surface area contributed by atoms with Gasteiger partial charge in [-0.25, -0.2) is 9.18 Å². The number of carbonyl (C=O) groups excluding carboxylic acids is 1. The minimum absolute atomic E-state index is 0.00271. The molecule has 4 rings (SSSR count). The van der Waals surface area contributed by atoms with Gasteiger partial charge in [0.25, 0.3) is 0 Å². The first kappa shape index (κ1) is 18.9. The number of oxazole rings is 1. The molecule has 10 heteroatoms. The van der Waals surface area contributed by atoms with Crippen LogP contribution in [0.25, 0.3) is 0 Å². The summed E-state index contributed by atoms with van der Waals surface area (Å²) in [5.41, 5.74) is 6.55. The van der Waals surface area contributed by atoms with Gasteiger partial charge in [0.2, 0.25) is 0 Å². The first-order valence-corrected chi connectivity index (χ1v) is 10.2. The Morgan fingerprint density at radius 1 is 1.38 bits per heavy atom. The molecule has 0 bridgehead atoms. The molecule has 0 unspecified atom stereocenters. The molecule has 0 saturated heterocycles. The lowest BCUT2D eigenvalue weighted by atomic mass is 10.1. The highest BCUT2D eigenvalue weighted by Gasteiger charge is 2.45. The van der Waals surface area contributed by atoms with E-state index >= 15 is 0 Å². The third kappa shape index (κ3) is 3.31. The number of nitrogens with zero attached hydrogens (tertiary/aromatic N) is 3. The van der Waals surface area contributed by atoms with E-state index in [9.17, 15) is 9.18 Å². The molecule has 0 aliphatic carbocycles. The number of aromatic nitrogens is 2. The van der Waals surface area contributed by atoms with Crippen LogP contribution < -0.4 is 15.2 Å². The number of fused-ring (bicyclic) bond motifs is 1. The maximum Gasteiger partial charge on any atom is 0.416 e. The standard InChI is InChI=1S/C19H17FN4O4Si/c1-19(29-2)16-14(8-12(9-23-16)27-17-22-6-7-26-17)28-18(25)24(19)10-11-4-3-5-13(21)15(11)20/h3-9H,10,21H2,1-2H3/t19-/m0/s1. The van der Waals surface area contributed by atoms with E-state index in [1.807, 2.05) is 13.5 Å². The molecule has 8 nitrogen and oxygen atoms in total. The number of benzene rings is 1. The Balaban J connectivity index is 1.69. The average Bonchev–Trinajstić information content (AvgIpc) is 3.21. The number of hydrogen-bond donors (Lipinski definition) is 1. The number of nitrogens with two attached hydrogens (primary N) is 1. The molecule has 1 atom stereocenters. The van der Waals surface area contributed by atoms with Crippen molar-refractivity contribution in [2.24, 2.45) is 0 Å². The van der Waals surface area contributed by atoms with Crippen molar-refractivity contribution in [1.82, 2.24) is 14.9 Å². The Hall–Kier alpha value is -3.40. The van der Waals surface area contributed by atoms with Crippen molar-refractivity contribution in [3.05, 3.63) is 60.0 Å². The molecule has 1 amide bonds. The molecule has 1 aromatic carbocycles. The molecule has 2 aromatic heterocycles. The highest BCUT2D eigenvalue weighted by molar-refractivity contribution is 6.38. The summed E-state index contributed by atoms with van der Waals surface area (Å²) in [4.78, 5) is 22.6.